The molecule has 28 heavy (non-hydrogen) atoms. The summed E-state index contributed by atoms with van der Waals surface area (Å²) < 4.78 is 0. The number of hydrogen-bond donors (Lipinski definition) is 1. The van der Waals surface area contributed by atoms with E-state index in [0.29, 0.717) is 15.6 Å². The Morgan fingerprint density at radius 1 is 1.00 bits per heavy atom. The fraction of sp³-hybridized carbons (Fsp3) is 0.286. The number of benzene rings is 2. The predicted octanol–water partition coefficient (Wildman–Crippen LogP) is 4.31. The van der Waals surface area contributed by atoms with Crippen LogP contribution in [0.25, 0.3) is 0 Å². The average molecular weight is 419 g/mol. The summed E-state index contributed by atoms with van der Waals surface area (Å²) in [6, 6.07) is 12.1. The van der Waals surface area contributed by atoms with Crippen LogP contribution in [0.1, 0.15) is 48.2 Å². The molecule has 1 aliphatic heterocycles. The molecule has 0 saturated carbocycles. The number of carbonyl (C=O) groups is 3. The van der Waals surface area contributed by atoms with E-state index in [9.17, 15) is 14.4 Å². The van der Waals surface area contributed by atoms with Gasteiger partial charge in [0.25, 0.3) is 5.91 Å². The molecule has 0 atom stereocenters. The minimum atomic E-state index is -0.654. The standard InChI is InChI=1S/C21H20Cl2N2O3/c1-21(2,15-7-8-16(22)17(23)11-15)24-20(28)14-5-3-13(4-6-14)12-25-18(26)9-10-19(25)27/h3-8,11H,9-10,12H2,1-2H3,(H,24,28). The highest BCUT2D eigenvalue weighted by molar-refractivity contribution is 6.42. The molecule has 7 heteroatoms. The third-order valence-electron chi connectivity index (χ3n) is 4.78. The van der Waals surface area contributed by atoms with Crippen LogP contribution in [0.5, 0.6) is 0 Å². The van der Waals surface area contributed by atoms with Crippen LogP contribution in [0, 0.1) is 0 Å². The van der Waals surface area contributed by atoms with Crippen LogP contribution in [-0.2, 0) is 21.7 Å². The van der Waals surface area contributed by atoms with E-state index in [1.807, 2.05) is 19.9 Å². The van der Waals surface area contributed by atoms with Crippen LogP contribution >= 0.6 is 23.2 Å². The Morgan fingerprint density at radius 2 is 1.61 bits per heavy atom. The number of amides is 3. The van der Waals surface area contributed by atoms with Crippen molar-refractivity contribution in [1.82, 2.24) is 10.2 Å². The molecule has 0 bridgehead atoms. The van der Waals surface area contributed by atoms with Crippen molar-refractivity contribution < 1.29 is 14.4 Å². The van der Waals surface area contributed by atoms with Crippen molar-refractivity contribution in [2.24, 2.45) is 0 Å². The maximum atomic E-state index is 12.7. The number of carbonyl (C=O) groups excluding carboxylic acids is 3. The monoisotopic (exact) mass is 418 g/mol. The van der Waals surface area contributed by atoms with Crippen LogP contribution in [0.15, 0.2) is 42.5 Å². The summed E-state index contributed by atoms with van der Waals surface area (Å²) in [6.45, 7) is 3.99. The van der Waals surface area contributed by atoms with Crippen LogP contribution in [0.2, 0.25) is 10.0 Å². The maximum Gasteiger partial charge on any atom is 0.251 e. The molecule has 3 rings (SSSR count). The van der Waals surface area contributed by atoms with Crippen molar-refractivity contribution in [2.75, 3.05) is 0 Å². The first-order valence-electron chi connectivity index (χ1n) is 8.87. The minimum Gasteiger partial charge on any atom is -0.343 e. The van der Waals surface area contributed by atoms with Gasteiger partial charge in [0.1, 0.15) is 0 Å². The maximum absolute atomic E-state index is 12.7. The van der Waals surface area contributed by atoms with Crippen LogP contribution in [0.3, 0.4) is 0 Å². The highest BCUT2D eigenvalue weighted by Gasteiger charge is 2.29. The number of rotatable bonds is 5. The molecule has 5 nitrogen and oxygen atoms in total. The van der Waals surface area contributed by atoms with Gasteiger partial charge in [-0.15, -0.1) is 0 Å². The van der Waals surface area contributed by atoms with E-state index in [-0.39, 0.29) is 37.1 Å². The van der Waals surface area contributed by atoms with Crippen LogP contribution < -0.4 is 5.32 Å². The van der Waals surface area contributed by atoms with Gasteiger partial charge in [-0.05, 0) is 49.2 Å². The lowest BCUT2D eigenvalue weighted by Gasteiger charge is -2.27. The third-order valence-corrected chi connectivity index (χ3v) is 5.52. The van der Waals surface area contributed by atoms with Crippen molar-refractivity contribution in [1.29, 1.82) is 0 Å². The Kier molecular flexibility index (Phi) is 5.77. The second-order valence-electron chi connectivity index (χ2n) is 7.28. The fourth-order valence-corrected chi connectivity index (χ4v) is 3.35. The first-order valence-corrected chi connectivity index (χ1v) is 9.63. The molecule has 2 aromatic rings. The van der Waals surface area contributed by atoms with Gasteiger partial charge in [0.05, 0.1) is 22.1 Å². The number of hydrogen-bond acceptors (Lipinski definition) is 3. The van der Waals surface area contributed by atoms with E-state index in [1.54, 1.807) is 36.4 Å². The van der Waals surface area contributed by atoms with Crippen LogP contribution in [-0.4, -0.2) is 22.6 Å². The molecule has 1 aliphatic rings. The second-order valence-corrected chi connectivity index (χ2v) is 8.09. The molecule has 1 saturated heterocycles. The first-order chi connectivity index (χ1) is 13.2. The van der Waals surface area contributed by atoms with Gasteiger partial charge in [0.2, 0.25) is 11.8 Å². The zero-order chi connectivity index (χ0) is 20.5. The SMILES string of the molecule is CC(C)(NC(=O)c1ccc(CN2C(=O)CCC2=O)cc1)c1ccc(Cl)c(Cl)c1. The topological polar surface area (TPSA) is 66.5 Å². The summed E-state index contributed by atoms with van der Waals surface area (Å²) in [5.74, 6) is -0.554. The molecule has 0 aliphatic carbocycles. The lowest BCUT2D eigenvalue weighted by atomic mass is 9.94. The van der Waals surface area contributed by atoms with E-state index >= 15 is 0 Å². The number of nitrogens with zero attached hydrogens (tertiary/aromatic N) is 1. The number of likely N-dealkylation sites (tertiary alicyclic amines) is 1. The van der Waals surface area contributed by atoms with Crippen molar-refractivity contribution in [3.8, 4) is 0 Å². The second kappa shape index (κ2) is 7.94. The molecule has 2 aromatic carbocycles. The quantitative estimate of drug-likeness (QED) is 0.735. The molecule has 0 unspecified atom stereocenters. The summed E-state index contributed by atoms with van der Waals surface area (Å²) in [6.07, 6.45) is 0.534. The highest BCUT2D eigenvalue weighted by atomic mass is 35.5. The Morgan fingerprint density at radius 3 is 2.18 bits per heavy atom. The van der Waals surface area contributed by atoms with Crippen molar-refractivity contribution >= 4 is 40.9 Å². The van der Waals surface area contributed by atoms with Gasteiger partial charge in [0.15, 0.2) is 0 Å². The van der Waals surface area contributed by atoms with Gasteiger partial charge in [-0.1, -0.05) is 41.4 Å². The molecule has 0 aromatic heterocycles. The van der Waals surface area contributed by atoms with Gasteiger partial charge in [0, 0.05) is 18.4 Å². The van der Waals surface area contributed by atoms with E-state index in [0.717, 1.165) is 11.1 Å². The highest BCUT2D eigenvalue weighted by Crippen LogP contribution is 2.28. The summed E-state index contributed by atoms with van der Waals surface area (Å²) in [4.78, 5) is 37.4. The first kappa shape index (κ1) is 20.4. The van der Waals surface area contributed by atoms with Gasteiger partial charge in [-0.25, -0.2) is 0 Å². The molecule has 3 amide bonds. The fourth-order valence-electron chi connectivity index (χ4n) is 3.06. The number of halogens is 2. The zero-order valence-corrected chi connectivity index (χ0v) is 17.1. The molecule has 0 radical (unpaired) electrons. The molecule has 1 heterocycles. The predicted molar refractivity (Wildman–Crippen MR) is 108 cm³/mol. The summed E-state index contributed by atoms with van der Waals surface area (Å²) in [5.41, 5.74) is 1.45. The number of nitrogens with one attached hydrogen (secondary N) is 1. The zero-order valence-electron chi connectivity index (χ0n) is 15.6. The lowest BCUT2D eigenvalue weighted by Crippen LogP contribution is -2.41. The Labute approximate surface area is 173 Å². The molecule has 1 N–H and O–H groups in total. The molecule has 146 valence electrons. The third kappa shape index (κ3) is 4.37. The van der Waals surface area contributed by atoms with Gasteiger partial charge < -0.3 is 5.32 Å². The van der Waals surface area contributed by atoms with Gasteiger partial charge >= 0.3 is 0 Å². The molecule has 0 spiro atoms. The van der Waals surface area contributed by atoms with E-state index < -0.39 is 5.54 Å². The van der Waals surface area contributed by atoms with Crippen molar-refractivity contribution in [2.45, 2.75) is 38.8 Å². The van der Waals surface area contributed by atoms with Crippen LogP contribution in [0.4, 0.5) is 0 Å². The van der Waals surface area contributed by atoms with E-state index in [1.165, 1.54) is 4.90 Å². The Balaban J connectivity index is 1.69. The normalized spacial score (nSPS) is 14.5. The van der Waals surface area contributed by atoms with Gasteiger partial charge in [-0.3, -0.25) is 19.3 Å². The average Bonchev–Trinajstić information content (AvgIpc) is 2.96. The van der Waals surface area contributed by atoms with E-state index in [2.05, 4.69) is 5.32 Å². The largest absolute Gasteiger partial charge is 0.343 e. The van der Waals surface area contributed by atoms with Crippen molar-refractivity contribution in [3.63, 3.8) is 0 Å². The van der Waals surface area contributed by atoms with Crippen molar-refractivity contribution in [3.05, 3.63) is 69.2 Å². The molecular formula is C21H20Cl2N2O3. The molecular weight excluding hydrogens is 399 g/mol. The Hall–Kier alpha value is -2.37. The van der Waals surface area contributed by atoms with E-state index in [4.69, 9.17) is 23.2 Å². The Bertz CT molecular complexity index is 923. The number of imide groups is 1. The summed E-state index contributed by atoms with van der Waals surface area (Å²) in [7, 11) is 0. The van der Waals surface area contributed by atoms with Gasteiger partial charge in [-0.2, -0.15) is 0 Å². The lowest BCUT2D eigenvalue weighted by molar-refractivity contribution is -0.139. The minimum absolute atomic E-state index is 0.157. The molecule has 1 fully saturated rings. The summed E-state index contributed by atoms with van der Waals surface area (Å²) >= 11 is 12.0. The smallest absolute Gasteiger partial charge is 0.251 e. The summed E-state index contributed by atoms with van der Waals surface area (Å²) in [5, 5.41) is 3.87.